The van der Waals surface area contributed by atoms with Crippen LogP contribution in [0.15, 0.2) is 78.9 Å². The van der Waals surface area contributed by atoms with Crippen molar-refractivity contribution in [2.45, 2.75) is 18.9 Å². The number of carbonyl (C=O) groups excluding carboxylic acids is 2. The predicted molar refractivity (Wildman–Crippen MR) is 112 cm³/mol. The third-order valence-corrected chi connectivity index (χ3v) is 4.95. The smallest absolute Gasteiger partial charge is 0.262 e. The van der Waals surface area contributed by atoms with Crippen molar-refractivity contribution < 1.29 is 14.3 Å². The summed E-state index contributed by atoms with van der Waals surface area (Å²) in [5, 5.41) is 5.89. The Morgan fingerprint density at radius 1 is 1.00 bits per heavy atom. The molecule has 0 saturated heterocycles. The van der Waals surface area contributed by atoms with Crippen LogP contribution >= 0.6 is 0 Å². The molecule has 1 unspecified atom stereocenters. The third-order valence-electron chi connectivity index (χ3n) is 4.95. The third kappa shape index (κ3) is 4.63. The summed E-state index contributed by atoms with van der Waals surface area (Å²) in [5.41, 5.74) is 3.39. The molecule has 2 N–H and O–H groups in total. The number of anilines is 1. The highest BCUT2D eigenvalue weighted by Crippen LogP contribution is 2.29. The molecule has 3 aromatic rings. The summed E-state index contributed by atoms with van der Waals surface area (Å²) in [7, 11) is 0. The Balaban J connectivity index is 1.51. The van der Waals surface area contributed by atoms with Gasteiger partial charge in [0.05, 0.1) is 11.7 Å². The van der Waals surface area contributed by atoms with Crippen LogP contribution in [0.1, 0.15) is 33.9 Å². The van der Waals surface area contributed by atoms with Gasteiger partial charge in [-0.25, -0.2) is 0 Å². The van der Waals surface area contributed by atoms with Gasteiger partial charge in [-0.2, -0.15) is 0 Å². The number of ether oxygens (including phenoxy) is 1. The molecule has 5 nitrogen and oxygen atoms in total. The molecule has 1 aliphatic heterocycles. The second-order valence-corrected chi connectivity index (χ2v) is 7.01. The summed E-state index contributed by atoms with van der Waals surface area (Å²) in [6.07, 6.45) is 1.65. The second kappa shape index (κ2) is 8.61. The molecule has 146 valence electrons. The molecule has 1 atom stereocenters. The lowest BCUT2D eigenvalue weighted by atomic mass is 9.98. The zero-order valence-electron chi connectivity index (χ0n) is 15.9. The Bertz CT molecular complexity index is 1000. The first-order valence-electron chi connectivity index (χ1n) is 9.65. The van der Waals surface area contributed by atoms with E-state index in [0.29, 0.717) is 17.0 Å². The van der Waals surface area contributed by atoms with Crippen molar-refractivity contribution in [1.82, 2.24) is 5.32 Å². The summed E-state index contributed by atoms with van der Waals surface area (Å²) in [5.74, 6) is 0.146. The zero-order chi connectivity index (χ0) is 20.1. The molecular formula is C24H22N2O3. The van der Waals surface area contributed by atoms with E-state index in [1.807, 2.05) is 48.5 Å². The first-order chi connectivity index (χ1) is 14.2. The Kier molecular flexibility index (Phi) is 5.56. The van der Waals surface area contributed by atoms with Gasteiger partial charge in [-0.3, -0.25) is 9.59 Å². The number of nitrogens with one attached hydrogen (secondary N) is 2. The number of fused-ring (bicyclic) bond motifs is 1. The van der Waals surface area contributed by atoms with Crippen molar-refractivity contribution in [2.75, 3.05) is 11.9 Å². The van der Waals surface area contributed by atoms with Gasteiger partial charge < -0.3 is 15.4 Å². The van der Waals surface area contributed by atoms with Gasteiger partial charge in [-0.05, 0) is 42.2 Å². The van der Waals surface area contributed by atoms with Gasteiger partial charge in [0.25, 0.3) is 11.8 Å². The van der Waals surface area contributed by atoms with Crippen LogP contribution in [-0.2, 0) is 11.2 Å². The van der Waals surface area contributed by atoms with Crippen molar-refractivity contribution >= 4 is 17.5 Å². The van der Waals surface area contributed by atoms with Crippen molar-refractivity contribution in [1.29, 1.82) is 0 Å². The minimum Gasteiger partial charge on any atom is -0.482 e. The number of hydrogen-bond donors (Lipinski definition) is 2. The molecule has 0 aromatic heterocycles. The fraction of sp³-hybridized carbons (Fsp3) is 0.167. The lowest BCUT2D eigenvalue weighted by Gasteiger charge is -2.21. The van der Waals surface area contributed by atoms with E-state index in [4.69, 9.17) is 4.74 Å². The second-order valence-electron chi connectivity index (χ2n) is 7.01. The molecule has 0 bridgehead atoms. The number of rotatable bonds is 6. The highest BCUT2D eigenvalue weighted by Gasteiger charge is 2.20. The van der Waals surface area contributed by atoms with Gasteiger partial charge in [0, 0.05) is 5.56 Å². The average molecular weight is 386 g/mol. The lowest BCUT2D eigenvalue weighted by molar-refractivity contribution is -0.118. The van der Waals surface area contributed by atoms with Crippen LogP contribution < -0.4 is 15.4 Å². The first kappa shape index (κ1) is 18.7. The Labute approximate surface area is 169 Å². The topological polar surface area (TPSA) is 67.4 Å². The van der Waals surface area contributed by atoms with Crippen LogP contribution in [-0.4, -0.2) is 18.4 Å². The maximum absolute atomic E-state index is 12.9. The van der Waals surface area contributed by atoms with Gasteiger partial charge in [0.2, 0.25) is 0 Å². The van der Waals surface area contributed by atoms with Gasteiger partial charge >= 0.3 is 0 Å². The largest absolute Gasteiger partial charge is 0.482 e. The lowest BCUT2D eigenvalue weighted by Crippen LogP contribution is -2.30. The zero-order valence-corrected chi connectivity index (χ0v) is 15.9. The van der Waals surface area contributed by atoms with Crippen LogP contribution in [0.3, 0.4) is 0 Å². The Hall–Kier alpha value is -3.60. The van der Waals surface area contributed by atoms with Crippen molar-refractivity contribution in [3.8, 4) is 5.75 Å². The number of amides is 2. The van der Waals surface area contributed by atoms with Crippen molar-refractivity contribution in [2.24, 2.45) is 0 Å². The molecule has 1 heterocycles. The number of hydrogen-bond acceptors (Lipinski definition) is 3. The standard InChI is InChI=1S/C24H22N2O3/c27-23-16-29-22-15-19(12-14-21(22)25-23)24(28)26-20(18-9-5-2-6-10-18)13-11-17-7-3-1-4-8-17/h1-10,12,14-15,20H,11,13,16H2,(H,25,27)(H,26,28). The van der Waals surface area contributed by atoms with E-state index in [0.717, 1.165) is 18.4 Å². The molecule has 0 fully saturated rings. The van der Waals surface area contributed by atoms with E-state index in [1.54, 1.807) is 18.2 Å². The summed E-state index contributed by atoms with van der Waals surface area (Å²) in [6, 6.07) is 25.2. The first-order valence-corrected chi connectivity index (χ1v) is 9.65. The predicted octanol–water partition coefficient (Wildman–Crippen LogP) is 4.12. The summed E-state index contributed by atoms with van der Waals surface area (Å²) >= 11 is 0. The fourth-order valence-corrected chi connectivity index (χ4v) is 3.42. The quantitative estimate of drug-likeness (QED) is 0.670. The highest BCUT2D eigenvalue weighted by atomic mass is 16.5. The molecule has 4 rings (SSSR count). The summed E-state index contributed by atoms with van der Waals surface area (Å²) in [4.78, 5) is 24.4. The summed E-state index contributed by atoms with van der Waals surface area (Å²) in [6.45, 7) is -0.0399. The Morgan fingerprint density at radius 3 is 2.48 bits per heavy atom. The molecule has 0 aliphatic carbocycles. The fourth-order valence-electron chi connectivity index (χ4n) is 3.42. The van der Waals surface area contributed by atoms with E-state index in [2.05, 4.69) is 22.8 Å². The normalized spacial score (nSPS) is 13.6. The highest BCUT2D eigenvalue weighted by molar-refractivity contribution is 5.99. The van der Waals surface area contributed by atoms with E-state index >= 15 is 0 Å². The molecule has 2 amide bonds. The molecule has 0 saturated carbocycles. The van der Waals surface area contributed by atoms with Crippen molar-refractivity contribution in [3.05, 3.63) is 95.6 Å². The maximum atomic E-state index is 12.9. The molecule has 29 heavy (non-hydrogen) atoms. The van der Waals surface area contributed by atoms with Gasteiger partial charge in [-0.15, -0.1) is 0 Å². The van der Waals surface area contributed by atoms with Crippen LogP contribution in [0.4, 0.5) is 5.69 Å². The average Bonchev–Trinajstić information content (AvgIpc) is 2.77. The minimum absolute atomic E-state index is 0.0399. The maximum Gasteiger partial charge on any atom is 0.262 e. The summed E-state index contributed by atoms with van der Waals surface area (Å²) < 4.78 is 5.43. The van der Waals surface area contributed by atoms with Crippen LogP contribution in [0.5, 0.6) is 5.75 Å². The van der Waals surface area contributed by atoms with Crippen molar-refractivity contribution in [3.63, 3.8) is 0 Å². The van der Waals surface area contributed by atoms with Crippen LogP contribution in [0.2, 0.25) is 0 Å². The van der Waals surface area contributed by atoms with E-state index in [1.165, 1.54) is 5.56 Å². The molecular weight excluding hydrogens is 364 g/mol. The number of aryl methyl sites for hydroxylation is 1. The monoisotopic (exact) mass is 386 g/mol. The van der Waals surface area contributed by atoms with Gasteiger partial charge in [0.1, 0.15) is 5.75 Å². The van der Waals surface area contributed by atoms with E-state index in [-0.39, 0.29) is 24.5 Å². The molecule has 0 radical (unpaired) electrons. The SMILES string of the molecule is O=C1COc2cc(C(=O)NC(CCc3ccccc3)c3ccccc3)ccc2N1. The van der Waals surface area contributed by atoms with Crippen LogP contribution in [0, 0.1) is 0 Å². The molecule has 1 aliphatic rings. The number of benzene rings is 3. The Morgan fingerprint density at radius 2 is 1.72 bits per heavy atom. The van der Waals surface area contributed by atoms with E-state index < -0.39 is 0 Å². The van der Waals surface area contributed by atoms with Crippen LogP contribution in [0.25, 0.3) is 0 Å². The van der Waals surface area contributed by atoms with Gasteiger partial charge in [-0.1, -0.05) is 60.7 Å². The molecule has 3 aromatic carbocycles. The number of carbonyl (C=O) groups is 2. The molecule has 0 spiro atoms. The van der Waals surface area contributed by atoms with E-state index in [9.17, 15) is 9.59 Å². The molecule has 5 heteroatoms. The van der Waals surface area contributed by atoms with Gasteiger partial charge in [0.15, 0.2) is 6.61 Å². The minimum atomic E-state index is -0.195.